The zero-order chi connectivity index (χ0) is 9.97. The summed E-state index contributed by atoms with van der Waals surface area (Å²) >= 11 is 0. The number of aryl methyl sites for hydroxylation is 1. The number of esters is 1. The molecule has 0 bridgehead atoms. The lowest BCUT2D eigenvalue weighted by molar-refractivity contribution is -0.148. The predicted molar refractivity (Wildman–Crippen MR) is 48.5 cm³/mol. The van der Waals surface area contributed by atoms with Crippen molar-refractivity contribution in [3.8, 4) is 0 Å². The van der Waals surface area contributed by atoms with E-state index in [4.69, 9.17) is 4.74 Å². The van der Waals surface area contributed by atoms with Crippen LogP contribution in [0, 0.1) is 5.92 Å². The number of nitrogens with zero attached hydrogens (tertiary/aromatic N) is 2. The molecule has 1 aromatic rings. The second-order valence-electron chi connectivity index (χ2n) is 3.41. The Hall–Kier alpha value is -1.39. The van der Waals surface area contributed by atoms with Gasteiger partial charge in [0, 0.05) is 6.42 Å². The summed E-state index contributed by atoms with van der Waals surface area (Å²) in [6, 6.07) is 0. The number of aromatic nitrogens is 3. The maximum atomic E-state index is 11.4. The van der Waals surface area contributed by atoms with Crippen molar-refractivity contribution in [2.24, 2.45) is 5.92 Å². The van der Waals surface area contributed by atoms with E-state index in [9.17, 15) is 4.79 Å². The number of hydrogen-bond donors (Lipinski definition) is 1. The van der Waals surface area contributed by atoms with Gasteiger partial charge in [0.1, 0.15) is 0 Å². The van der Waals surface area contributed by atoms with E-state index in [0.717, 1.165) is 24.2 Å². The molecule has 1 heterocycles. The van der Waals surface area contributed by atoms with E-state index in [1.165, 1.54) is 0 Å². The Morgan fingerprint density at radius 2 is 2.36 bits per heavy atom. The molecule has 0 fully saturated rings. The van der Waals surface area contributed by atoms with Gasteiger partial charge in [-0.25, -0.2) is 0 Å². The summed E-state index contributed by atoms with van der Waals surface area (Å²) in [7, 11) is 0. The molecule has 5 nitrogen and oxygen atoms in total. The normalized spacial score (nSPS) is 20.2. The molecule has 0 saturated carbocycles. The first-order chi connectivity index (χ1) is 6.81. The van der Waals surface area contributed by atoms with E-state index in [-0.39, 0.29) is 11.9 Å². The second-order valence-corrected chi connectivity index (χ2v) is 3.41. The zero-order valence-corrected chi connectivity index (χ0v) is 8.12. The van der Waals surface area contributed by atoms with Gasteiger partial charge < -0.3 is 4.74 Å². The quantitative estimate of drug-likeness (QED) is 0.696. The maximum absolute atomic E-state index is 11.4. The summed E-state index contributed by atoms with van der Waals surface area (Å²) in [6.45, 7) is 2.27. The van der Waals surface area contributed by atoms with Crippen LogP contribution in [0.3, 0.4) is 0 Å². The van der Waals surface area contributed by atoms with E-state index in [1.807, 2.05) is 6.92 Å². The van der Waals surface area contributed by atoms with Crippen LogP contribution < -0.4 is 0 Å². The number of ether oxygens (including phenoxy) is 1. The molecule has 1 atom stereocenters. The lowest BCUT2D eigenvalue weighted by Crippen LogP contribution is -2.24. The number of H-pyrrole nitrogens is 1. The fourth-order valence-corrected chi connectivity index (χ4v) is 1.75. The largest absolute Gasteiger partial charge is 0.466 e. The van der Waals surface area contributed by atoms with E-state index >= 15 is 0 Å². The highest BCUT2D eigenvalue weighted by Crippen LogP contribution is 2.22. The second kappa shape index (κ2) is 3.77. The highest BCUT2D eigenvalue weighted by Gasteiger charge is 2.27. The number of rotatable bonds is 2. The molecule has 1 N–H and O–H groups in total. The van der Waals surface area contributed by atoms with Crippen LogP contribution in [0.1, 0.15) is 24.7 Å². The molecule has 0 amide bonds. The molecule has 1 aliphatic carbocycles. The number of carbonyl (C=O) groups excluding carboxylic acids is 1. The molecule has 1 aromatic heterocycles. The summed E-state index contributed by atoms with van der Waals surface area (Å²) in [5.74, 6) is -0.145. The van der Waals surface area contributed by atoms with Gasteiger partial charge in [-0.1, -0.05) is 0 Å². The Balaban J connectivity index is 2.04. The summed E-state index contributed by atoms with van der Waals surface area (Å²) in [5, 5.41) is 10.6. The van der Waals surface area contributed by atoms with Gasteiger partial charge in [-0.15, -0.1) is 0 Å². The molecule has 0 spiro atoms. The van der Waals surface area contributed by atoms with Crippen LogP contribution in [0.5, 0.6) is 0 Å². The van der Waals surface area contributed by atoms with Crippen LogP contribution in [0.4, 0.5) is 0 Å². The van der Waals surface area contributed by atoms with E-state index in [1.54, 1.807) is 0 Å². The van der Waals surface area contributed by atoms with Crippen LogP contribution in [-0.2, 0) is 22.4 Å². The average Bonchev–Trinajstić information content (AvgIpc) is 2.64. The number of aromatic amines is 1. The molecule has 0 aromatic carbocycles. The molecule has 5 heteroatoms. The number of fused-ring (bicyclic) bond motifs is 1. The van der Waals surface area contributed by atoms with Crippen molar-refractivity contribution in [1.29, 1.82) is 0 Å². The molecule has 0 aliphatic heterocycles. The van der Waals surface area contributed by atoms with Gasteiger partial charge in [-0.05, 0) is 19.8 Å². The minimum atomic E-state index is -0.110. The Morgan fingerprint density at radius 3 is 3.14 bits per heavy atom. The highest BCUT2D eigenvalue weighted by molar-refractivity contribution is 5.73. The summed E-state index contributed by atoms with van der Waals surface area (Å²) in [4.78, 5) is 11.4. The van der Waals surface area contributed by atoms with E-state index < -0.39 is 0 Å². The Morgan fingerprint density at radius 1 is 1.57 bits per heavy atom. The van der Waals surface area contributed by atoms with Crippen molar-refractivity contribution in [2.75, 3.05) is 6.61 Å². The molecule has 0 radical (unpaired) electrons. The average molecular weight is 195 g/mol. The summed E-state index contributed by atoms with van der Waals surface area (Å²) in [5.41, 5.74) is 1.90. The summed E-state index contributed by atoms with van der Waals surface area (Å²) < 4.78 is 4.98. The van der Waals surface area contributed by atoms with Crippen molar-refractivity contribution in [3.63, 3.8) is 0 Å². The van der Waals surface area contributed by atoms with Crippen LogP contribution in [0.25, 0.3) is 0 Å². The number of hydrogen-bond acceptors (Lipinski definition) is 4. The van der Waals surface area contributed by atoms with Gasteiger partial charge in [0.05, 0.1) is 23.9 Å². The molecular formula is C9H13N3O2. The zero-order valence-electron chi connectivity index (χ0n) is 8.12. The van der Waals surface area contributed by atoms with Gasteiger partial charge in [-0.2, -0.15) is 15.4 Å². The minimum absolute atomic E-state index is 0.0347. The Kier molecular flexibility index (Phi) is 2.47. The number of nitrogens with one attached hydrogen (secondary N) is 1. The van der Waals surface area contributed by atoms with Crippen LogP contribution in [0.2, 0.25) is 0 Å². The van der Waals surface area contributed by atoms with Gasteiger partial charge in [0.25, 0.3) is 0 Å². The molecule has 76 valence electrons. The monoisotopic (exact) mass is 195 g/mol. The van der Waals surface area contributed by atoms with Gasteiger partial charge in [0.15, 0.2) is 0 Å². The predicted octanol–water partition coefficient (Wildman–Crippen LogP) is 0.473. The van der Waals surface area contributed by atoms with Gasteiger partial charge in [0.2, 0.25) is 0 Å². The fraction of sp³-hybridized carbons (Fsp3) is 0.667. The first-order valence-electron chi connectivity index (χ1n) is 4.86. The minimum Gasteiger partial charge on any atom is -0.466 e. The highest BCUT2D eigenvalue weighted by atomic mass is 16.5. The topological polar surface area (TPSA) is 67.9 Å². The third-order valence-corrected chi connectivity index (χ3v) is 2.49. The van der Waals surface area contributed by atoms with Crippen LogP contribution in [-0.4, -0.2) is 28.0 Å². The van der Waals surface area contributed by atoms with E-state index in [0.29, 0.717) is 13.0 Å². The molecule has 2 rings (SSSR count). The third-order valence-electron chi connectivity index (χ3n) is 2.49. The summed E-state index contributed by atoms with van der Waals surface area (Å²) in [6.07, 6.45) is 2.29. The lowest BCUT2D eigenvalue weighted by atomic mass is 9.90. The van der Waals surface area contributed by atoms with Crippen molar-refractivity contribution in [1.82, 2.24) is 15.4 Å². The van der Waals surface area contributed by atoms with Crippen LogP contribution >= 0.6 is 0 Å². The van der Waals surface area contributed by atoms with Crippen molar-refractivity contribution < 1.29 is 9.53 Å². The molecule has 0 unspecified atom stereocenters. The van der Waals surface area contributed by atoms with Gasteiger partial charge >= 0.3 is 5.97 Å². The molecular weight excluding hydrogens is 182 g/mol. The molecule has 14 heavy (non-hydrogen) atoms. The smallest absolute Gasteiger partial charge is 0.309 e. The van der Waals surface area contributed by atoms with Crippen molar-refractivity contribution in [3.05, 3.63) is 11.4 Å². The first-order valence-corrected chi connectivity index (χ1v) is 4.86. The maximum Gasteiger partial charge on any atom is 0.309 e. The van der Waals surface area contributed by atoms with E-state index in [2.05, 4.69) is 15.4 Å². The van der Waals surface area contributed by atoms with Crippen molar-refractivity contribution >= 4 is 5.97 Å². The first kappa shape index (κ1) is 9.18. The molecule has 1 aliphatic rings. The Bertz CT molecular complexity index is 335. The van der Waals surface area contributed by atoms with Gasteiger partial charge in [-0.3, -0.25) is 4.79 Å². The van der Waals surface area contributed by atoms with Crippen molar-refractivity contribution in [2.45, 2.75) is 26.2 Å². The standard InChI is InChI=1S/C9H13N3O2/c1-2-14-9(13)6-3-4-7-8(5-6)11-12-10-7/h6H,2-5H2,1H3,(H,10,11,12)/t6-/m1/s1. The molecule has 0 saturated heterocycles. The third kappa shape index (κ3) is 1.62. The SMILES string of the molecule is CCOC(=O)[C@@H]1CCc2n[nH]nc2C1. The lowest BCUT2D eigenvalue weighted by Gasteiger charge is -2.18. The number of carbonyl (C=O) groups is 1. The van der Waals surface area contributed by atoms with Crippen LogP contribution in [0.15, 0.2) is 0 Å². The fourth-order valence-electron chi connectivity index (χ4n) is 1.75. The Labute approximate surface area is 81.8 Å².